The summed E-state index contributed by atoms with van der Waals surface area (Å²) in [7, 11) is 0. The Morgan fingerprint density at radius 2 is 2.09 bits per heavy atom. The molecule has 1 saturated heterocycles. The van der Waals surface area contributed by atoms with E-state index in [9.17, 15) is 4.79 Å². The van der Waals surface area contributed by atoms with E-state index in [1.807, 2.05) is 56.0 Å². The van der Waals surface area contributed by atoms with Crippen molar-refractivity contribution in [2.75, 3.05) is 6.54 Å². The maximum atomic E-state index is 12.5. The van der Waals surface area contributed by atoms with Gasteiger partial charge in [0, 0.05) is 11.9 Å². The monoisotopic (exact) mass is 332 g/mol. The minimum atomic E-state index is -0.498. The number of aromatic nitrogens is 1. The molecule has 0 spiro atoms. The van der Waals surface area contributed by atoms with E-state index in [2.05, 4.69) is 4.98 Å². The first-order valence-corrected chi connectivity index (χ1v) is 8.28. The van der Waals surface area contributed by atoms with Crippen LogP contribution in [0.1, 0.15) is 45.2 Å². The van der Waals surface area contributed by atoms with Crippen LogP contribution in [-0.4, -0.2) is 28.1 Å². The molecule has 2 aromatic rings. The summed E-state index contributed by atoms with van der Waals surface area (Å²) in [5.74, 6) is 0. The predicted molar refractivity (Wildman–Crippen MR) is 91.7 cm³/mol. The SMILES string of the molecule is CC(C)(C)OC(=O)N1CCCC1c1cc(Cl)nc2ccccc12. The number of pyridine rings is 1. The van der Waals surface area contributed by atoms with Gasteiger partial charge in [0.05, 0.1) is 11.6 Å². The van der Waals surface area contributed by atoms with Gasteiger partial charge in [0.2, 0.25) is 0 Å². The molecule has 0 bridgehead atoms. The zero-order chi connectivity index (χ0) is 16.6. The summed E-state index contributed by atoms with van der Waals surface area (Å²) in [5, 5.41) is 1.49. The third-order valence-corrected chi connectivity index (χ3v) is 4.15. The van der Waals surface area contributed by atoms with Crippen LogP contribution in [0.4, 0.5) is 4.79 Å². The van der Waals surface area contributed by atoms with Gasteiger partial charge >= 0.3 is 6.09 Å². The summed E-state index contributed by atoms with van der Waals surface area (Å²) in [6, 6.07) is 9.74. The molecule has 1 aliphatic rings. The molecular weight excluding hydrogens is 312 g/mol. The fraction of sp³-hybridized carbons (Fsp3) is 0.444. The van der Waals surface area contributed by atoms with Crippen molar-refractivity contribution in [3.05, 3.63) is 41.0 Å². The second-order valence-corrected chi connectivity index (χ2v) is 7.27. The number of hydrogen-bond donors (Lipinski definition) is 0. The molecule has 0 radical (unpaired) electrons. The molecule has 0 saturated carbocycles. The Morgan fingerprint density at radius 1 is 1.35 bits per heavy atom. The van der Waals surface area contributed by atoms with Crippen molar-refractivity contribution in [3.63, 3.8) is 0 Å². The zero-order valence-corrected chi connectivity index (χ0v) is 14.4. The third-order valence-electron chi connectivity index (χ3n) is 3.96. The number of fused-ring (bicyclic) bond motifs is 1. The van der Waals surface area contributed by atoms with Crippen LogP contribution in [0.5, 0.6) is 0 Å². The number of nitrogens with zero attached hydrogens (tertiary/aromatic N) is 2. The van der Waals surface area contributed by atoms with E-state index in [0.29, 0.717) is 11.7 Å². The number of para-hydroxylation sites is 1. The molecule has 2 heterocycles. The minimum absolute atomic E-state index is 0.0183. The van der Waals surface area contributed by atoms with Gasteiger partial charge < -0.3 is 9.64 Å². The molecule has 1 amide bonds. The summed E-state index contributed by atoms with van der Waals surface area (Å²) in [6.07, 6.45) is 1.60. The van der Waals surface area contributed by atoms with Crippen molar-refractivity contribution < 1.29 is 9.53 Å². The highest BCUT2D eigenvalue weighted by molar-refractivity contribution is 6.30. The Kier molecular flexibility index (Phi) is 4.19. The Labute approximate surface area is 141 Å². The highest BCUT2D eigenvalue weighted by atomic mass is 35.5. The van der Waals surface area contributed by atoms with Gasteiger partial charge in [0.25, 0.3) is 0 Å². The molecule has 23 heavy (non-hydrogen) atoms. The Hall–Kier alpha value is -1.81. The summed E-state index contributed by atoms with van der Waals surface area (Å²) >= 11 is 6.19. The normalized spacial score (nSPS) is 18.4. The highest BCUT2D eigenvalue weighted by Gasteiger charge is 2.34. The van der Waals surface area contributed by atoms with Crippen LogP contribution in [-0.2, 0) is 4.74 Å². The summed E-state index contributed by atoms with van der Waals surface area (Å²) in [5.41, 5.74) is 1.40. The maximum Gasteiger partial charge on any atom is 0.410 e. The Balaban J connectivity index is 1.99. The molecule has 0 N–H and O–H groups in total. The van der Waals surface area contributed by atoms with Crippen molar-refractivity contribution in [3.8, 4) is 0 Å². The lowest BCUT2D eigenvalue weighted by Gasteiger charge is -2.29. The maximum absolute atomic E-state index is 12.5. The van der Waals surface area contributed by atoms with Gasteiger partial charge in [-0.05, 0) is 51.3 Å². The fourth-order valence-corrected chi connectivity index (χ4v) is 3.28. The second kappa shape index (κ2) is 6.00. The summed E-state index contributed by atoms with van der Waals surface area (Å²) in [6.45, 7) is 6.35. The smallest absolute Gasteiger partial charge is 0.410 e. The van der Waals surface area contributed by atoms with Gasteiger partial charge in [0.1, 0.15) is 10.8 Å². The quantitative estimate of drug-likeness (QED) is 0.693. The van der Waals surface area contributed by atoms with Crippen LogP contribution in [0.25, 0.3) is 10.9 Å². The lowest BCUT2D eigenvalue weighted by molar-refractivity contribution is 0.0225. The molecule has 1 unspecified atom stereocenters. The number of rotatable bonds is 1. The molecule has 3 rings (SSSR count). The topological polar surface area (TPSA) is 42.4 Å². The number of ether oxygens (including phenoxy) is 1. The predicted octanol–water partition coefficient (Wildman–Crippen LogP) is 4.96. The molecule has 1 aromatic heterocycles. The molecule has 1 aromatic carbocycles. The lowest BCUT2D eigenvalue weighted by atomic mass is 10.0. The number of halogens is 1. The van der Waals surface area contributed by atoms with Crippen LogP contribution >= 0.6 is 11.6 Å². The summed E-state index contributed by atoms with van der Waals surface area (Å²) in [4.78, 5) is 18.7. The number of amides is 1. The molecule has 1 atom stereocenters. The number of benzene rings is 1. The van der Waals surface area contributed by atoms with Crippen LogP contribution in [0, 0.1) is 0 Å². The van der Waals surface area contributed by atoms with Gasteiger partial charge in [-0.3, -0.25) is 0 Å². The molecule has 0 aliphatic carbocycles. The van der Waals surface area contributed by atoms with Crippen LogP contribution in [0.2, 0.25) is 5.15 Å². The Bertz CT molecular complexity index is 739. The van der Waals surface area contributed by atoms with Gasteiger partial charge in [0.15, 0.2) is 0 Å². The molecule has 122 valence electrons. The van der Waals surface area contributed by atoms with Gasteiger partial charge in [-0.2, -0.15) is 0 Å². The number of carbonyl (C=O) groups excluding carboxylic acids is 1. The molecule has 4 nitrogen and oxygen atoms in total. The zero-order valence-electron chi connectivity index (χ0n) is 13.7. The average Bonchev–Trinajstić information content (AvgIpc) is 2.93. The Morgan fingerprint density at radius 3 is 2.83 bits per heavy atom. The number of likely N-dealkylation sites (tertiary alicyclic amines) is 1. The first-order valence-electron chi connectivity index (χ1n) is 7.90. The average molecular weight is 333 g/mol. The van der Waals surface area contributed by atoms with E-state index < -0.39 is 5.60 Å². The highest BCUT2D eigenvalue weighted by Crippen LogP contribution is 2.37. The van der Waals surface area contributed by atoms with Crippen molar-refractivity contribution >= 4 is 28.6 Å². The van der Waals surface area contributed by atoms with E-state index in [4.69, 9.17) is 16.3 Å². The first-order chi connectivity index (χ1) is 10.8. The van der Waals surface area contributed by atoms with Crippen molar-refractivity contribution in [2.24, 2.45) is 0 Å². The van der Waals surface area contributed by atoms with E-state index >= 15 is 0 Å². The van der Waals surface area contributed by atoms with Crippen LogP contribution in [0.3, 0.4) is 0 Å². The van der Waals surface area contributed by atoms with Crippen molar-refractivity contribution in [2.45, 2.75) is 45.3 Å². The second-order valence-electron chi connectivity index (χ2n) is 6.88. The number of carbonyl (C=O) groups is 1. The lowest BCUT2D eigenvalue weighted by Crippen LogP contribution is -2.36. The first kappa shape index (κ1) is 16.1. The van der Waals surface area contributed by atoms with Crippen molar-refractivity contribution in [1.29, 1.82) is 0 Å². The van der Waals surface area contributed by atoms with E-state index in [-0.39, 0.29) is 12.1 Å². The molecule has 1 aliphatic heterocycles. The van der Waals surface area contributed by atoms with Crippen LogP contribution in [0.15, 0.2) is 30.3 Å². The van der Waals surface area contributed by atoms with E-state index in [1.165, 1.54) is 0 Å². The van der Waals surface area contributed by atoms with E-state index in [0.717, 1.165) is 29.3 Å². The van der Waals surface area contributed by atoms with Gasteiger partial charge in [-0.15, -0.1) is 0 Å². The largest absolute Gasteiger partial charge is 0.444 e. The standard InChI is InChI=1S/C18H21ClN2O2/c1-18(2,3)23-17(22)21-10-6-9-15(21)13-11-16(19)20-14-8-5-4-7-12(13)14/h4-5,7-8,11,15H,6,9-10H2,1-3H3. The van der Waals surface area contributed by atoms with E-state index in [1.54, 1.807) is 0 Å². The summed E-state index contributed by atoms with van der Waals surface area (Å²) < 4.78 is 5.55. The third kappa shape index (κ3) is 3.42. The minimum Gasteiger partial charge on any atom is -0.444 e. The molecule has 1 fully saturated rings. The molecule has 5 heteroatoms. The van der Waals surface area contributed by atoms with Crippen LogP contribution < -0.4 is 0 Å². The molecular formula is C18H21ClN2O2. The fourth-order valence-electron chi connectivity index (χ4n) is 3.07. The number of hydrogen-bond acceptors (Lipinski definition) is 3. The van der Waals surface area contributed by atoms with Gasteiger partial charge in [-0.25, -0.2) is 9.78 Å². The van der Waals surface area contributed by atoms with Crippen molar-refractivity contribution in [1.82, 2.24) is 9.88 Å². The van der Waals surface area contributed by atoms with Gasteiger partial charge in [-0.1, -0.05) is 29.8 Å².